The van der Waals surface area contributed by atoms with E-state index >= 15 is 0 Å². The van der Waals surface area contributed by atoms with Gasteiger partial charge in [-0.05, 0) is 30.2 Å². The van der Waals surface area contributed by atoms with E-state index in [9.17, 15) is 9.59 Å². The summed E-state index contributed by atoms with van der Waals surface area (Å²) in [6.45, 7) is 0. The van der Waals surface area contributed by atoms with E-state index in [2.05, 4.69) is 15.8 Å². The molecule has 6 heteroatoms. The number of nitrogens with zero attached hydrogens (tertiary/aromatic N) is 1. The third-order valence-corrected chi connectivity index (χ3v) is 4.09. The van der Waals surface area contributed by atoms with Crippen molar-refractivity contribution in [2.75, 3.05) is 0 Å². The van der Waals surface area contributed by atoms with Crippen LogP contribution in [-0.4, -0.2) is 16.8 Å². The number of halogens is 1. The second kappa shape index (κ2) is 7.77. The molecule has 25 heavy (non-hydrogen) atoms. The highest BCUT2D eigenvalue weighted by molar-refractivity contribution is 6.31. The Balaban J connectivity index is 1.54. The zero-order chi connectivity index (χ0) is 17.6. The minimum Gasteiger partial charge on any atom is -0.273 e. The standard InChI is InChI=1S/C19H16ClN3O2/c20-15-7-3-1-5-13(15)10-12-18(24)22-23-19(25)17-11-9-14-6-2-4-8-16(14)21-17/h1-9,11H,10,12H2,(H,22,24)(H,23,25). The molecule has 1 heterocycles. The van der Waals surface area contributed by atoms with Gasteiger partial charge in [-0.1, -0.05) is 54.1 Å². The molecule has 0 aliphatic heterocycles. The number of amides is 2. The summed E-state index contributed by atoms with van der Waals surface area (Å²) in [7, 11) is 0. The zero-order valence-electron chi connectivity index (χ0n) is 13.3. The van der Waals surface area contributed by atoms with Gasteiger partial charge in [0.15, 0.2) is 0 Å². The van der Waals surface area contributed by atoms with Crippen molar-refractivity contribution in [1.29, 1.82) is 0 Å². The Bertz CT molecular complexity index is 927. The van der Waals surface area contributed by atoms with Crippen molar-refractivity contribution < 1.29 is 9.59 Å². The third kappa shape index (κ3) is 4.33. The number of rotatable bonds is 4. The number of carbonyl (C=O) groups is 2. The van der Waals surface area contributed by atoms with Gasteiger partial charge in [0.05, 0.1) is 5.52 Å². The van der Waals surface area contributed by atoms with E-state index in [-0.39, 0.29) is 18.0 Å². The monoisotopic (exact) mass is 353 g/mol. The van der Waals surface area contributed by atoms with Gasteiger partial charge < -0.3 is 0 Å². The van der Waals surface area contributed by atoms with E-state index in [1.807, 2.05) is 48.5 Å². The van der Waals surface area contributed by atoms with Gasteiger partial charge in [0, 0.05) is 16.8 Å². The van der Waals surface area contributed by atoms with E-state index in [4.69, 9.17) is 11.6 Å². The van der Waals surface area contributed by atoms with Gasteiger partial charge in [-0.3, -0.25) is 20.4 Å². The lowest BCUT2D eigenvalue weighted by atomic mass is 10.1. The smallest absolute Gasteiger partial charge is 0.273 e. The van der Waals surface area contributed by atoms with E-state index in [1.165, 1.54) is 0 Å². The van der Waals surface area contributed by atoms with Crippen molar-refractivity contribution in [1.82, 2.24) is 15.8 Å². The summed E-state index contributed by atoms with van der Waals surface area (Å²) < 4.78 is 0. The zero-order valence-corrected chi connectivity index (χ0v) is 14.1. The van der Waals surface area contributed by atoms with Crippen LogP contribution in [-0.2, 0) is 11.2 Å². The first-order valence-electron chi connectivity index (χ1n) is 7.82. The normalized spacial score (nSPS) is 10.4. The fourth-order valence-corrected chi connectivity index (χ4v) is 2.63. The van der Waals surface area contributed by atoms with Crippen LogP contribution < -0.4 is 10.9 Å². The van der Waals surface area contributed by atoms with E-state index in [0.717, 1.165) is 16.5 Å². The third-order valence-electron chi connectivity index (χ3n) is 3.73. The minimum atomic E-state index is -0.461. The minimum absolute atomic E-state index is 0.217. The summed E-state index contributed by atoms with van der Waals surface area (Å²) in [5.41, 5.74) is 6.63. The molecule has 2 aromatic carbocycles. The Morgan fingerprint density at radius 1 is 0.920 bits per heavy atom. The molecule has 3 aromatic rings. The van der Waals surface area contributed by atoms with Crippen LogP contribution in [0, 0.1) is 0 Å². The molecule has 5 nitrogen and oxygen atoms in total. The maximum Gasteiger partial charge on any atom is 0.288 e. The predicted octanol–water partition coefficient (Wildman–Crippen LogP) is 3.28. The molecule has 1 aromatic heterocycles. The molecule has 0 spiro atoms. The van der Waals surface area contributed by atoms with Gasteiger partial charge >= 0.3 is 0 Å². The number of pyridine rings is 1. The number of hydrogen-bond donors (Lipinski definition) is 2. The fraction of sp³-hybridized carbons (Fsp3) is 0.105. The first-order valence-corrected chi connectivity index (χ1v) is 8.19. The van der Waals surface area contributed by atoms with Crippen LogP contribution in [0.3, 0.4) is 0 Å². The van der Waals surface area contributed by atoms with Crippen LogP contribution in [0.1, 0.15) is 22.5 Å². The van der Waals surface area contributed by atoms with Crippen LogP contribution in [0.4, 0.5) is 0 Å². The molecule has 0 fully saturated rings. The van der Waals surface area contributed by atoms with E-state index in [0.29, 0.717) is 11.4 Å². The fourth-order valence-electron chi connectivity index (χ4n) is 2.39. The highest BCUT2D eigenvalue weighted by Crippen LogP contribution is 2.16. The molecule has 0 saturated carbocycles. The predicted molar refractivity (Wildman–Crippen MR) is 97.1 cm³/mol. The maximum atomic E-state index is 12.1. The van der Waals surface area contributed by atoms with Gasteiger partial charge in [0.1, 0.15) is 5.69 Å². The average Bonchev–Trinajstić information content (AvgIpc) is 2.65. The molecule has 3 rings (SSSR count). The topological polar surface area (TPSA) is 71.1 Å². The van der Waals surface area contributed by atoms with Crippen LogP contribution in [0.15, 0.2) is 60.7 Å². The molecular formula is C19H16ClN3O2. The summed E-state index contributed by atoms with van der Waals surface area (Å²) in [6.07, 6.45) is 0.713. The van der Waals surface area contributed by atoms with E-state index in [1.54, 1.807) is 12.1 Å². The van der Waals surface area contributed by atoms with Crippen molar-refractivity contribution in [3.8, 4) is 0 Å². The molecule has 0 unspecified atom stereocenters. The van der Waals surface area contributed by atoms with Gasteiger partial charge in [-0.2, -0.15) is 0 Å². The maximum absolute atomic E-state index is 12.1. The summed E-state index contributed by atoms with van der Waals surface area (Å²) in [5, 5.41) is 1.57. The van der Waals surface area contributed by atoms with E-state index < -0.39 is 5.91 Å². The number of benzene rings is 2. The first-order chi connectivity index (χ1) is 12.1. The number of para-hydroxylation sites is 1. The molecule has 0 aliphatic rings. The molecule has 126 valence electrons. The largest absolute Gasteiger partial charge is 0.288 e. The Labute approximate surface area is 150 Å². The highest BCUT2D eigenvalue weighted by atomic mass is 35.5. The molecule has 2 N–H and O–H groups in total. The quantitative estimate of drug-likeness (QED) is 0.707. The SMILES string of the molecule is O=C(CCc1ccccc1Cl)NNC(=O)c1ccc2ccccc2n1. The van der Waals surface area contributed by atoms with Gasteiger partial charge in [0.2, 0.25) is 5.91 Å². The van der Waals surface area contributed by atoms with Gasteiger partial charge in [-0.15, -0.1) is 0 Å². The number of nitrogens with one attached hydrogen (secondary N) is 2. The molecule has 0 atom stereocenters. The van der Waals surface area contributed by atoms with Crippen LogP contribution in [0.2, 0.25) is 5.02 Å². The van der Waals surface area contributed by atoms with Gasteiger partial charge in [-0.25, -0.2) is 4.98 Å². The van der Waals surface area contributed by atoms with Gasteiger partial charge in [0.25, 0.3) is 5.91 Å². The summed E-state index contributed by atoms with van der Waals surface area (Å²) in [6, 6.07) is 18.3. The number of aryl methyl sites for hydroxylation is 1. The molecule has 0 aliphatic carbocycles. The number of hydrogen-bond acceptors (Lipinski definition) is 3. The van der Waals surface area contributed by atoms with Crippen LogP contribution in [0.25, 0.3) is 10.9 Å². The Kier molecular flexibility index (Phi) is 5.26. The molecular weight excluding hydrogens is 338 g/mol. The van der Waals surface area contributed by atoms with Crippen molar-refractivity contribution in [3.63, 3.8) is 0 Å². The summed E-state index contributed by atoms with van der Waals surface area (Å²) >= 11 is 6.05. The Hall–Kier alpha value is -2.92. The highest BCUT2D eigenvalue weighted by Gasteiger charge is 2.10. The first kappa shape index (κ1) is 16.9. The molecule has 2 amide bonds. The lowest BCUT2D eigenvalue weighted by molar-refractivity contribution is -0.121. The number of aromatic nitrogens is 1. The number of fused-ring (bicyclic) bond motifs is 1. The average molecular weight is 354 g/mol. The van der Waals surface area contributed by atoms with Crippen LogP contribution >= 0.6 is 11.6 Å². The van der Waals surface area contributed by atoms with Crippen LogP contribution in [0.5, 0.6) is 0 Å². The molecule has 0 radical (unpaired) electrons. The summed E-state index contributed by atoms with van der Waals surface area (Å²) in [4.78, 5) is 28.3. The Morgan fingerprint density at radius 3 is 2.52 bits per heavy atom. The lowest BCUT2D eigenvalue weighted by Gasteiger charge is -2.08. The lowest BCUT2D eigenvalue weighted by Crippen LogP contribution is -2.42. The second-order valence-corrected chi connectivity index (χ2v) is 5.89. The number of carbonyl (C=O) groups excluding carboxylic acids is 2. The van der Waals surface area contributed by atoms with Crippen molar-refractivity contribution in [3.05, 3.63) is 76.9 Å². The van der Waals surface area contributed by atoms with Crippen molar-refractivity contribution >= 4 is 34.3 Å². The number of hydrazine groups is 1. The van der Waals surface area contributed by atoms with Crippen molar-refractivity contribution in [2.45, 2.75) is 12.8 Å². The Morgan fingerprint density at radius 2 is 1.68 bits per heavy atom. The van der Waals surface area contributed by atoms with Crippen molar-refractivity contribution in [2.24, 2.45) is 0 Å². The molecule has 0 bridgehead atoms. The summed E-state index contributed by atoms with van der Waals surface area (Å²) in [5.74, 6) is -0.758. The molecule has 0 saturated heterocycles. The second-order valence-electron chi connectivity index (χ2n) is 5.48.